The van der Waals surface area contributed by atoms with E-state index in [2.05, 4.69) is 10.2 Å². The maximum atomic E-state index is 14.0. The van der Waals surface area contributed by atoms with Crippen molar-refractivity contribution in [2.45, 2.75) is 65.0 Å². The van der Waals surface area contributed by atoms with Crippen molar-refractivity contribution in [1.29, 1.82) is 0 Å². The fourth-order valence-electron chi connectivity index (χ4n) is 6.06. The molecule has 3 aromatic rings. The second-order valence-electron chi connectivity index (χ2n) is 13.2. The van der Waals surface area contributed by atoms with E-state index in [1.165, 1.54) is 0 Å². The van der Waals surface area contributed by atoms with Crippen molar-refractivity contribution in [3.05, 3.63) is 108 Å². The standard InChI is InChI=1S/C40H50N2O6/c1-30(2)24-37(38(44)27-35(25-32-14-8-4-9-15-32)40(46)48-29-33-16-10-5-11-17-33)41-39(45)34(19-18-31-12-6-3-7-13-31)26-36(43)28-42-20-22-47-23-21-42/h3-17,30,34-35,37H,18-29H2,1-2H3,(H,41,45)/t34-,35-,37+/m1/s1. The molecular formula is C40H50N2O6. The van der Waals surface area contributed by atoms with Crippen molar-refractivity contribution in [3.63, 3.8) is 0 Å². The molecule has 1 saturated heterocycles. The summed E-state index contributed by atoms with van der Waals surface area (Å²) in [4.78, 5) is 56.6. The Morgan fingerprint density at radius 1 is 0.771 bits per heavy atom. The summed E-state index contributed by atoms with van der Waals surface area (Å²) < 4.78 is 11.1. The lowest BCUT2D eigenvalue weighted by molar-refractivity contribution is -0.151. The molecule has 8 heteroatoms. The SMILES string of the molecule is CC(C)C[C@H](NC(=O)[C@H](CCc1ccccc1)CC(=O)CN1CCOCC1)C(=O)C[C@@H](Cc1ccccc1)C(=O)OCc1ccccc1. The monoisotopic (exact) mass is 654 g/mol. The molecule has 1 fully saturated rings. The molecule has 1 heterocycles. The average Bonchev–Trinajstić information content (AvgIpc) is 3.10. The lowest BCUT2D eigenvalue weighted by Crippen LogP contribution is -2.46. The Morgan fingerprint density at radius 3 is 1.96 bits per heavy atom. The summed E-state index contributed by atoms with van der Waals surface area (Å²) in [6.45, 7) is 6.96. The van der Waals surface area contributed by atoms with E-state index in [1.807, 2.05) is 105 Å². The number of ether oxygens (including phenoxy) is 2. The van der Waals surface area contributed by atoms with E-state index in [0.717, 1.165) is 16.7 Å². The number of aryl methyl sites for hydroxylation is 1. The van der Waals surface area contributed by atoms with Gasteiger partial charge in [0.2, 0.25) is 5.91 Å². The fraction of sp³-hybridized carbons (Fsp3) is 0.450. The van der Waals surface area contributed by atoms with Gasteiger partial charge in [0.15, 0.2) is 5.78 Å². The zero-order valence-electron chi connectivity index (χ0n) is 28.4. The summed E-state index contributed by atoms with van der Waals surface area (Å²) in [5.74, 6) is -2.14. The van der Waals surface area contributed by atoms with Gasteiger partial charge in [-0.15, -0.1) is 0 Å². The van der Waals surface area contributed by atoms with Crippen molar-refractivity contribution in [2.75, 3.05) is 32.8 Å². The number of rotatable bonds is 19. The predicted octanol–water partition coefficient (Wildman–Crippen LogP) is 5.62. The Morgan fingerprint density at radius 2 is 1.35 bits per heavy atom. The Bertz CT molecular complexity index is 1420. The maximum absolute atomic E-state index is 14.0. The van der Waals surface area contributed by atoms with Crippen molar-refractivity contribution < 1.29 is 28.7 Å². The van der Waals surface area contributed by atoms with Crippen molar-refractivity contribution in [1.82, 2.24) is 10.2 Å². The molecule has 48 heavy (non-hydrogen) atoms. The van der Waals surface area contributed by atoms with Crippen LogP contribution in [0.25, 0.3) is 0 Å². The van der Waals surface area contributed by atoms with E-state index in [-0.39, 0.29) is 49.4 Å². The van der Waals surface area contributed by atoms with Gasteiger partial charge < -0.3 is 14.8 Å². The smallest absolute Gasteiger partial charge is 0.310 e. The molecule has 8 nitrogen and oxygen atoms in total. The number of Topliss-reactive ketones (excluding diaryl/α,β-unsaturated/α-hetero) is 2. The summed E-state index contributed by atoms with van der Waals surface area (Å²) in [6.07, 6.45) is 1.92. The zero-order chi connectivity index (χ0) is 34.1. The number of ketones is 2. The zero-order valence-corrected chi connectivity index (χ0v) is 28.4. The van der Waals surface area contributed by atoms with E-state index >= 15 is 0 Å². The van der Waals surface area contributed by atoms with E-state index in [1.54, 1.807) is 0 Å². The number of benzene rings is 3. The van der Waals surface area contributed by atoms with Crippen molar-refractivity contribution >= 4 is 23.4 Å². The quantitative estimate of drug-likeness (QED) is 0.168. The minimum atomic E-state index is -0.786. The van der Waals surface area contributed by atoms with Crippen LogP contribution in [0.4, 0.5) is 0 Å². The van der Waals surface area contributed by atoms with E-state index in [9.17, 15) is 19.2 Å². The number of carbonyl (C=O) groups excluding carboxylic acids is 4. The van der Waals surface area contributed by atoms with Gasteiger partial charge in [-0.25, -0.2) is 0 Å². The highest BCUT2D eigenvalue weighted by molar-refractivity contribution is 5.93. The third-order valence-electron chi connectivity index (χ3n) is 8.71. The van der Waals surface area contributed by atoms with Gasteiger partial charge >= 0.3 is 5.97 Å². The third-order valence-corrected chi connectivity index (χ3v) is 8.71. The largest absolute Gasteiger partial charge is 0.461 e. The number of esters is 1. The van der Waals surface area contributed by atoms with Crippen LogP contribution in [0.5, 0.6) is 0 Å². The molecule has 1 N–H and O–H groups in total. The molecule has 0 aromatic heterocycles. The topological polar surface area (TPSA) is 102 Å². The molecule has 0 aliphatic carbocycles. The first kappa shape index (κ1) is 36.7. The minimum Gasteiger partial charge on any atom is -0.461 e. The number of nitrogens with zero attached hydrogens (tertiary/aromatic N) is 1. The second kappa shape index (κ2) is 19.6. The van der Waals surface area contributed by atoms with Gasteiger partial charge in [0.1, 0.15) is 12.4 Å². The number of hydrogen-bond donors (Lipinski definition) is 1. The van der Waals surface area contributed by atoms with E-state index in [0.29, 0.717) is 52.0 Å². The normalized spacial score (nSPS) is 15.3. The highest BCUT2D eigenvalue weighted by Crippen LogP contribution is 2.21. The molecule has 0 spiro atoms. The molecule has 0 unspecified atom stereocenters. The second-order valence-corrected chi connectivity index (χ2v) is 13.2. The predicted molar refractivity (Wildman–Crippen MR) is 186 cm³/mol. The Hall–Kier alpha value is -4.14. The summed E-state index contributed by atoms with van der Waals surface area (Å²) in [5.41, 5.74) is 2.88. The minimum absolute atomic E-state index is 0.000865. The number of nitrogens with one attached hydrogen (secondary N) is 1. The molecular weight excluding hydrogens is 604 g/mol. The number of carbonyl (C=O) groups is 4. The van der Waals surface area contributed by atoms with Gasteiger partial charge in [0.05, 0.1) is 31.7 Å². The fourth-order valence-corrected chi connectivity index (χ4v) is 6.06. The van der Waals surface area contributed by atoms with Crippen LogP contribution in [-0.4, -0.2) is 67.2 Å². The van der Waals surface area contributed by atoms with Crippen LogP contribution in [-0.2, 0) is 48.1 Å². The number of hydrogen-bond acceptors (Lipinski definition) is 7. The number of morpholine rings is 1. The molecule has 4 rings (SSSR count). The van der Waals surface area contributed by atoms with Crippen molar-refractivity contribution in [3.8, 4) is 0 Å². The lowest BCUT2D eigenvalue weighted by atomic mass is 9.88. The summed E-state index contributed by atoms with van der Waals surface area (Å²) in [5, 5.41) is 3.03. The first-order valence-corrected chi connectivity index (χ1v) is 17.2. The molecule has 1 aliphatic heterocycles. The third kappa shape index (κ3) is 12.8. The van der Waals surface area contributed by atoms with Crippen LogP contribution < -0.4 is 5.32 Å². The van der Waals surface area contributed by atoms with Gasteiger partial charge in [-0.05, 0) is 48.3 Å². The molecule has 3 aromatic carbocycles. The van der Waals surface area contributed by atoms with E-state index in [4.69, 9.17) is 9.47 Å². The highest BCUT2D eigenvalue weighted by Gasteiger charge is 2.32. The summed E-state index contributed by atoms with van der Waals surface area (Å²) >= 11 is 0. The molecule has 0 saturated carbocycles. The van der Waals surface area contributed by atoms with E-state index < -0.39 is 23.8 Å². The summed E-state index contributed by atoms with van der Waals surface area (Å²) in [6, 6.07) is 28.1. The van der Waals surface area contributed by atoms with Crippen LogP contribution in [0.15, 0.2) is 91.0 Å². The van der Waals surface area contributed by atoms with Crippen LogP contribution in [0.1, 0.15) is 56.2 Å². The van der Waals surface area contributed by atoms with Gasteiger partial charge in [-0.2, -0.15) is 0 Å². The lowest BCUT2D eigenvalue weighted by Gasteiger charge is -2.27. The molecule has 1 aliphatic rings. The van der Waals surface area contributed by atoms with Crippen LogP contribution in [0, 0.1) is 17.8 Å². The Labute approximate surface area is 285 Å². The van der Waals surface area contributed by atoms with Crippen molar-refractivity contribution in [2.24, 2.45) is 17.8 Å². The molecule has 1 amide bonds. The van der Waals surface area contributed by atoms with Crippen LogP contribution >= 0.6 is 0 Å². The molecule has 3 atom stereocenters. The Balaban J connectivity index is 1.46. The van der Waals surface area contributed by atoms with Crippen LogP contribution in [0.2, 0.25) is 0 Å². The summed E-state index contributed by atoms with van der Waals surface area (Å²) in [7, 11) is 0. The Kier molecular flexibility index (Phi) is 15.0. The van der Waals surface area contributed by atoms with Gasteiger partial charge in [-0.3, -0.25) is 24.1 Å². The van der Waals surface area contributed by atoms with Crippen LogP contribution in [0.3, 0.4) is 0 Å². The number of amides is 1. The van der Waals surface area contributed by atoms with Gasteiger partial charge in [0, 0.05) is 31.8 Å². The van der Waals surface area contributed by atoms with Gasteiger partial charge in [0.25, 0.3) is 0 Å². The molecule has 0 radical (unpaired) electrons. The first-order chi connectivity index (χ1) is 23.3. The molecule has 256 valence electrons. The molecule has 0 bridgehead atoms. The average molecular weight is 655 g/mol. The van der Waals surface area contributed by atoms with Gasteiger partial charge in [-0.1, -0.05) is 105 Å². The maximum Gasteiger partial charge on any atom is 0.310 e. The highest BCUT2D eigenvalue weighted by atomic mass is 16.5. The first-order valence-electron chi connectivity index (χ1n) is 17.2.